The largest absolute Gasteiger partial charge is 0.352 e. The second-order valence-electron chi connectivity index (χ2n) is 7.13. The maximum absolute atomic E-state index is 13.1. The van der Waals surface area contributed by atoms with Crippen molar-refractivity contribution in [3.8, 4) is 0 Å². The van der Waals surface area contributed by atoms with E-state index in [9.17, 15) is 9.59 Å². The molecule has 0 saturated heterocycles. The average molecular weight is 381 g/mol. The average Bonchev–Trinajstić information content (AvgIpc) is 2.72. The van der Waals surface area contributed by atoms with Gasteiger partial charge in [-0.15, -0.1) is 0 Å². The van der Waals surface area contributed by atoms with Gasteiger partial charge in [0.25, 0.3) is 11.8 Å². The van der Waals surface area contributed by atoms with Gasteiger partial charge < -0.3 is 10.2 Å². The smallest absolute Gasteiger partial charge is 0.254 e. The molecule has 4 nitrogen and oxygen atoms in total. The number of amides is 2. The molecule has 1 N–H and O–H groups in total. The molecule has 2 amide bonds. The summed E-state index contributed by atoms with van der Waals surface area (Å²) in [4.78, 5) is 27.2. The van der Waals surface area contributed by atoms with Crippen LogP contribution in [0.5, 0.6) is 0 Å². The van der Waals surface area contributed by atoms with E-state index in [1.54, 1.807) is 24.3 Å². The van der Waals surface area contributed by atoms with E-state index in [1.165, 1.54) is 5.56 Å². The van der Waals surface area contributed by atoms with Gasteiger partial charge in [-0.2, -0.15) is 0 Å². The fraction of sp³-hybridized carbons (Fsp3) is 0.417. The molecule has 2 aromatic rings. The molecule has 0 aromatic heterocycles. The Balaban J connectivity index is 2.18. The zero-order valence-electron chi connectivity index (χ0n) is 17.3. The number of carbonyl (C=O) groups is 2. The molecular weight excluding hydrogens is 348 g/mol. The molecule has 0 heterocycles. The number of benzene rings is 2. The van der Waals surface area contributed by atoms with Crippen molar-refractivity contribution in [1.82, 2.24) is 10.2 Å². The second kappa shape index (κ2) is 11.3. The molecule has 2 aromatic carbocycles. The first-order valence-corrected chi connectivity index (χ1v) is 10.3. The van der Waals surface area contributed by atoms with Crippen LogP contribution in [0.2, 0.25) is 0 Å². The third-order valence-electron chi connectivity index (χ3n) is 4.59. The second-order valence-corrected chi connectivity index (χ2v) is 7.13. The minimum absolute atomic E-state index is 0.0344. The van der Waals surface area contributed by atoms with E-state index >= 15 is 0 Å². The summed E-state index contributed by atoms with van der Waals surface area (Å²) >= 11 is 0. The fourth-order valence-corrected chi connectivity index (χ4v) is 3.23. The zero-order chi connectivity index (χ0) is 20.4. The highest BCUT2D eigenvalue weighted by molar-refractivity contribution is 5.99. The van der Waals surface area contributed by atoms with Crippen LogP contribution in [0.4, 0.5) is 0 Å². The molecule has 4 heteroatoms. The maximum Gasteiger partial charge on any atom is 0.254 e. The van der Waals surface area contributed by atoms with E-state index in [0.29, 0.717) is 30.8 Å². The van der Waals surface area contributed by atoms with E-state index in [0.717, 1.165) is 31.2 Å². The molecule has 28 heavy (non-hydrogen) atoms. The summed E-state index contributed by atoms with van der Waals surface area (Å²) in [6.45, 7) is 8.15. The summed E-state index contributed by atoms with van der Waals surface area (Å²) in [7, 11) is 0. The van der Waals surface area contributed by atoms with Crippen molar-refractivity contribution in [3.63, 3.8) is 0 Å². The lowest BCUT2D eigenvalue weighted by Gasteiger charge is -2.23. The van der Waals surface area contributed by atoms with Crippen molar-refractivity contribution in [3.05, 3.63) is 70.8 Å². The summed E-state index contributed by atoms with van der Waals surface area (Å²) in [6.07, 6.45) is 3.92. The van der Waals surface area contributed by atoms with Crippen molar-refractivity contribution in [1.29, 1.82) is 0 Å². The third-order valence-corrected chi connectivity index (χ3v) is 4.59. The molecule has 0 aliphatic rings. The number of carbonyl (C=O) groups excluding carboxylic acids is 2. The topological polar surface area (TPSA) is 49.4 Å². The quantitative estimate of drug-likeness (QED) is 0.642. The molecule has 0 aliphatic heterocycles. The van der Waals surface area contributed by atoms with Crippen LogP contribution in [-0.2, 0) is 13.0 Å². The first-order chi connectivity index (χ1) is 13.6. The maximum atomic E-state index is 13.1. The molecule has 2 rings (SSSR count). The summed E-state index contributed by atoms with van der Waals surface area (Å²) < 4.78 is 0. The van der Waals surface area contributed by atoms with Crippen LogP contribution in [0.3, 0.4) is 0 Å². The fourth-order valence-electron chi connectivity index (χ4n) is 3.23. The van der Waals surface area contributed by atoms with Crippen molar-refractivity contribution in [2.75, 3.05) is 13.1 Å². The molecule has 0 unspecified atom stereocenters. The number of nitrogens with zero attached hydrogens (tertiary/aromatic N) is 1. The Hall–Kier alpha value is -2.62. The number of nitrogens with one attached hydrogen (secondary N) is 1. The van der Waals surface area contributed by atoms with Gasteiger partial charge in [0.15, 0.2) is 0 Å². The minimum Gasteiger partial charge on any atom is -0.352 e. The molecule has 0 fully saturated rings. The van der Waals surface area contributed by atoms with Crippen LogP contribution in [0.1, 0.15) is 71.9 Å². The van der Waals surface area contributed by atoms with Gasteiger partial charge in [0.2, 0.25) is 0 Å². The van der Waals surface area contributed by atoms with E-state index < -0.39 is 0 Å². The molecular formula is C24H32N2O2. The number of rotatable bonds is 10. The van der Waals surface area contributed by atoms with E-state index in [-0.39, 0.29) is 11.8 Å². The van der Waals surface area contributed by atoms with Crippen molar-refractivity contribution in [2.24, 2.45) is 0 Å². The van der Waals surface area contributed by atoms with Gasteiger partial charge in [0.05, 0.1) is 0 Å². The number of aryl methyl sites for hydroxylation is 1. The van der Waals surface area contributed by atoms with Gasteiger partial charge in [-0.25, -0.2) is 0 Å². The normalized spacial score (nSPS) is 10.5. The predicted octanol–water partition coefficient (Wildman–Crippen LogP) is 4.83. The van der Waals surface area contributed by atoms with Crippen molar-refractivity contribution < 1.29 is 9.59 Å². The van der Waals surface area contributed by atoms with Crippen LogP contribution in [-0.4, -0.2) is 29.8 Å². The molecule has 0 atom stereocenters. The molecule has 0 saturated carbocycles. The van der Waals surface area contributed by atoms with E-state index in [2.05, 4.69) is 43.4 Å². The molecule has 0 radical (unpaired) electrons. The first-order valence-electron chi connectivity index (χ1n) is 10.3. The Bertz CT molecular complexity index is 786. The molecule has 150 valence electrons. The van der Waals surface area contributed by atoms with Gasteiger partial charge >= 0.3 is 0 Å². The number of hydrogen-bond acceptors (Lipinski definition) is 2. The van der Waals surface area contributed by atoms with Crippen molar-refractivity contribution in [2.45, 2.75) is 53.0 Å². The van der Waals surface area contributed by atoms with Crippen LogP contribution in [0.15, 0.2) is 48.5 Å². The van der Waals surface area contributed by atoms with E-state index in [1.807, 2.05) is 11.8 Å². The SMILES string of the molecule is CCCNC(=O)c1cccc(C(=O)N(CCC)Cc2cccc(CCC)c2)c1. The molecule has 0 bridgehead atoms. The summed E-state index contributed by atoms with van der Waals surface area (Å²) in [5.41, 5.74) is 3.53. The molecule has 0 aliphatic carbocycles. The van der Waals surface area contributed by atoms with Gasteiger partial charge in [-0.1, -0.05) is 57.5 Å². The van der Waals surface area contributed by atoms with Crippen LogP contribution < -0.4 is 5.32 Å². The lowest BCUT2D eigenvalue weighted by atomic mass is 10.1. The Kier molecular flexibility index (Phi) is 8.73. The predicted molar refractivity (Wildman–Crippen MR) is 115 cm³/mol. The summed E-state index contributed by atoms with van der Waals surface area (Å²) in [5, 5.41) is 2.86. The highest BCUT2D eigenvalue weighted by Crippen LogP contribution is 2.15. The Labute approximate surface area is 169 Å². The third kappa shape index (κ3) is 6.22. The van der Waals surface area contributed by atoms with Crippen LogP contribution in [0, 0.1) is 0 Å². The van der Waals surface area contributed by atoms with E-state index in [4.69, 9.17) is 0 Å². The lowest BCUT2D eigenvalue weighted by molar-refractivity contribution is 0.0743. The van der Waals surface area contributed by atoms with Crippen LogP contribution >= 0.6 is 0 Å². The zero-order valence-corrected chi connectivity index (χ0v) is 17.3. The van der Waals surface area contributed by atoms with Gasteiger partial charge in [-0.3, -0.25) is 9.59 Å². The highest BCUT2D eigenvalue weighted by Gasteiger charge is 2.17. The van der Waals surface area contributed by atoms with Crippen molar-refractivity contribution >= 4 is 11.8 Å². The Morgan fingerprint density at radius 3 is 2.29 bits per heavy atom. The monoisotopic (exact) mass is 380 g/mol. The van der Waals surface area contributed by atoms with Gasteiger partial charge in [0, 0.05) is 30.8 Å². The Morgan fingerprint density at radius 1 is 0.857 bits per heavy atom. The lowest BCUT2D eigenvalue weighted by Crippen LogP contribution is -2.31. The first kappa shape index (κ1) is 21.7. The van der Waals surface area contributed by atoms with Crippen LogP contribution in [0.25, 0.3) is 0 Å². The van der Waals surface area contributed by atoms with Gasteiger partial charge in [0.1, 0.15) is 0 Å². The molecule has 0 spiro atoms. The number of hydrogen-bond donors (Lipinski definition) is 1. The summed E-state index contributed by atoms with van der Waals surface area (Å²) in [6, 6.07) is 15.5. The summed E-state index contributed by atoms with van der Waals surface area (Å²) in [5.74, 6) is -0.168. The Morgan fingerprint density at radius 2 is 1.57 bits per heavy atom. The highest BCUT2D eigenvalue weighted by atomic mass is 16.2. The van der Waals surface area contributed by atoms with Gasteiger partial charge in [-0.05, 0) is 48.6 Å². The standard InChI is InChI=1S/C24H32N2O2/c1-4-9-19-10-7-11-20(16-19)18-26(15-6-3)24(28)22-13-8-12-21(17-22)23(27)25-14-5-2/h7-8,10-13,16-17H,4-6,9,14-15,18H2,1-3H3,(H,25,27). The minimum atomic E-state index is -0.134.